The molecule has 0 fully saturated rings. The molecule has 0 unspecified atom stereocenters. The van der Waals surface area contributed by atoms with Gasteiger partial charge in [0, 0.05) is 19.2 Å². The van der Waals surface area contributed by atoms with Crippen molar-refractivity contribution in [1.82, 2.24) is 4.57 Å². The van der Waals surface area contributed by atoms with E-state index >= 15 is 0 Å². The van der Waals surface area contributed by atoms with Crippen LogP contribution in [0.1, 0.15) is 43.2 Å². The van der Waals surface area contributed by atoms with Crippen molar-refractivity contribution >= 4 is 17.5 Å². The number of ketones is 2. The Hall–Kier alpha value is -3.27. The quantitative estimate of drug-likeness (QED) is 0.664. The second-order valence-corrected chi connectivity index (χ2v) is 5.65. The molecule has 0 radical (unpaired) electrons. The highest BCUT2D eigenvalue weighted by Crippen LogP contribution is 2.23. The van der Waals surface area contributed by atoms with E-state index in [1.807, 2.05) is 0 Å². The van der Waals surface area contributed by atoms with E-state index in [2.05, 4.69) is 0 Å². The molecule has 2 aromatic rings. The molecule has 1 aromatic carbocycles. The van der Waals surface area contributed by atoms with Gasteiger partial charge in [-0.15, -0.1) is 0 Å². The third-order valence-electron chi connectivity index (χ3n) is 4.13. The number of hydrogen-bond acceptors (Lipinski definition) is 4. The van der Waals surface area contributed by atoms with Crippen LogP contribution in [0.5, 0.6) is 0 Å². The molecule has 0 saturated heterocycles. The first-order valence-electron chi connectivity index (χ1n) is 7.34. The summed E-state index contributed by atoms with van der Waals surface area (Å²) in [5.74, 6) is -3.69. The molecule has 1 aromatic heterocycles. The van der Waals surface area contributed by atoms with Gasteiger partial charge in [-0.3, -0.25) is 9.59 Å². The van der Waals surface area contributed by atoms with Gasteiger partial charge < -0.3 is 9.67 Å². The van der Waals surface area contributed by atoms with E-state index in [0.717, 1.165) is 6.07 Å². The number of halogens is 1. The Bertz CT molecular complexity index is 951. The molecule has 2 rings (SSSR count). The van der Waals surface area contributed by atoms with Crippen LogP contribution in [0.4, 0.5) is 4.39 Å². The zero-order valence-electron chi connectivity index (χ0n) is 13.9. The minimum Gasteiger partial charge on any atom is -0.475 e. The van der Waals surface area contributed by atoms with Crippen LogP contribution < -0.4 is 0 Å². The van der Waals surface area contributed by atoms with Crippen molar-refractivity contribution in [2.75, 3.05) is 0 Å². The lowest BCUT2D eigenvalue weighted by Gasteiger charge is -2.06. The second kappa shape index (κ2) is 6.69. The van der Waals surface area contributed by atoms with Crippen molar-refractivity contribution < 1.29 is 23.9 Å². The molecule has 1 N–H and O–H groups in total. The van der Waals surface area contributed by atoms with E-state index in [1.165, 1.54) is 23.6 Å². The Balaban J connectivity index is 2.44. The minimum absolute atomic E-state index is 0.00447. The molecule has 0 spiro atoms. The lowest BCUT2D eigenvalue weighted by molar-refractivity contribution is -0.131. The van der Waals surface area contributed by atoms with E-state index in [-0.39, 0.29) is 29.0 Å². The Morgan fingerprint density at radius 1 is 1.28 bits per heavy atom. The highest BCUT2D eigenvalue weighted by molar-refractivity contribution is 6.40. The van der Waals surface area contributed by atoms with Gasteiger partial charge in [-0.1, -0.05) is 6.07 Å². The number of carboxylic acid groups (broad SMARTS) is 1. The molecule has 0 atom stereocenters. The Morgan fingerprint density at radius 3 is 2.48 bits per heavy atom. The number of hydrogen-bond donors (Lipinski definition) is 1. The molecular weight excluding hydrogens is 327 g/mol. The zero-order chi connectivity index (χ0) is 18.9. The van der Waals surface area contributed by atoms with Gasteiger partial charge >= 0.3 is 5.97 Å². The van der Waals surface area contributed by atoms with Gasteiger partial charge in [-0.2, -0.15) is 5.26 Å². The van der Waals surface area contributed by atoms with Crippen molar-refractivity contribution in [3.8, 4) is 6.07 Å². The first-order chi connectivity index (χ1) is 11.7. The summed E-state index contributed by atoms with van der Waals surface area (Å²) >= 11 is 0. The summed E-state index contributed by atoms with van der Waals surface area (Å²) in [5, 5.41) is 17.8. The summed E-state index contributed by atoms with van der Waals surface area (Å²) in [7, 11) is 1.57. The molecule has 0 aliphatic rings. The highest BCUT2D eigenvalue weighted by atomic mass is 19.1. The smallest absolute Gasteiger partial charge is 0.377 e. The average molecular weight is 342 g/mol. The molecule has 0 amide bonds. The zero-order valence-corrected chi connectivity index (χ0v) is 13.9. The fourth-order valence-electron chi connectivity index (χ4n) is 2.85. The number of carbonyl (C=O) groups is 3. The van der Waals surface area contributed by atoms with Gasteiger partial charge in [0.15, 0.2) is 5.78 Å². The Morgan fingerprint density at radius 2 is 1.92 bits per heavy atom. The molecule has 0 bridgehead atoms. The van der Waals surface area contributed by atoms with Crippen LogP contribution in [0.25, 0.3) is 0 Å². The Kier molecular flexibility index (Phi) is 4.84. The SMILES string of the molecule is Cc1c(C(=O)C(=O)O)c(C)n(C)c1C(=O)Cc1ccc(F)c(C#N)c1. The standard InChI is InChI=1S/C18H15FN2O4/c1-9-15(17(23)18(24)25)10(2)21(3)16(9)14(22)7-11-4-5-13(19)12(6-11)8-20/h4-6H,7H2,1-3H3,(H,24,25). The number of nitriles is 1. The molecule has 6 nitrogen and oxygen atoms in total. The molecule has 0 aliphatic carbocycles. The molecular formula is C18H15FN2O4. The number of aliphatic carboxylic acids is 1. The van der Waals surface area contributed by atoms with E-state index in [9.17, 15) is 18.8 Å². The largest absolute Gasteiger partial charge is 0.475 e. The molecule has 7 heteroatoms. The summed E-state index contributed by atoms with van der Waals surface area (Å²) in [5.41, 5.74) is 1.17. The van der Waals surface area contributed by atoms with Crippen LogP contribution in [-0.2, 0) is 18.3 Å². The van der Waals surface area contributed by atoms with Crippen LogP contribution in [0.15, 0.2) is 18.2 Å². The lowest BCUT2D eigenvalue weighted by Crippen LogP contribution is -2.14. The number of aromatic nitrogens is 1. The van der Waals surface area contributed by atoms with Crippen molar-refractivity contribution in [1.29, 1.82) is 5.26 Å². The number of carbonyl (C=O) groups excluding carboxylic acids is 2. The van der Waals surface area contributed by atoms with Crippen molar-refractivity contribution in [3.63, 3.8) is 0 Å². The fourth-order valence-corrected chi connectivity index (χ4v) is 2.85. The topological polar surface area (TPSA) is 100 Å². The van der Waals surface area contributed by atoms with Crippen LogP contribution in [0, 0.1) is 31.0 Å². The maximum absolute atomic E-state index is 13.4. The average Bonchev–Trinajstić information content (AvgIpc) is 2.78. The Labute approximate surface area is 143 Å². The van der Waals surface area contributed by atoms with Gasteiger partial charge in [-0.25, -0.2) is 9.18 Å². The van der Waals surface area contributed by atoms with E-state index in [1.54, 1.807) is 20.0 Å². The molecule has 1 heterocycles. The monoisotopic (exact) mass is 342 g/mol. The molecule has 128 valence electrons. The van der Waals surface area contributed by atoms with Crippen molar-refractivity contribution in [3.05, 3.63) is 57.7 Å². The molecule has 0 saturated carbocycles. The normalized spacial score (nSPS) is 10.4. The third kappa shape index (κ3) is 3.19. The number of rotatable bonds is 5. The predicted octanol–water partition coefficient (Wildman–Crippen LogP) is 2.35. The summed E-state index contributed by atoms with van der Waals surface area (Å²) < 4.78 is 14.8. The van der Waals surface area contributed by atoms with E-state index in [0.29, 0.717) is 16.8 Å². The second-order valence-electron chi connectivity index (χ2n) is 5.65. The fraction of sp³-hybridized carbons (Fsp3) is 0.222. The van der Waals surface area contributed by atoms with E-state index in [4.69, 9.17) is 10.4 Å². The first-order valence-corrected chi connectivity index (χ1v) is 7.34. The lowest BCUT2D eigenvalue weighted by atomic mass is 10.0. The van der Waals surface area contributed by atoms with Crippen molar-refractivity contribution in [2.24, 2.45) is 7.05 Å². The van der Waals surface area contributed by atoms with Crippen LogP contribution >= 0.6 is 0 Å². The van der Waals surface area contributed by atoms with Gasteiger partial charge in [0.05, 0.1) is 16.8 Å². The van der Waals surface area contributed by atoms with Crippen LogP contribution in [0.3, 0.4) is 0 Å². The van der Waals surface area contributed by atoms with Gasteiger partial charge in [0.2, 0.25) is 0 Å². The maximum Gasteiger partial charge on any atom is 0.377 e. The van der Waals surface area contributed by atoms with E-state index < -0.39 is 17.6 Å². The summed E-state index contributed by atoms with van der Waals surface area (Å²) in [4.78, 5) is 35.5. The highest BCUT2D eigenvalue weighted by Gasteiger charge is 2.28. The number of benzene rings is 1. The number of nitrogens with zero attached hydrogens (tertiary/aromatic N) is 2. The molecule has 0 aliphatic heterocycles. The summed E-state index contributed by atoms with van der Waals surface area (Å²) in [6.45, 7) is 3.08. The van der Waals surface area contributed by atoms with Crippen LogP contribution in [-0.4, -0.2) is 27.2 Å². The predicted molar refractivity (Wildman–Crippen MR) is 86.0 cm³/mol. The summed E-state index contributed by atoms with van der Waals surface area (Å²) in [6, 6.07) is 5.52. The van der Waals surface area contributed by atoms with Gasteiger partial charge in [0.1, 0.15) is 11.9 Å². The van der Waals surface area contributed by atoms with Gasteiger partial charge in [0.25, 0.3) is 5.78 Å². The van der Waals surface area contributed by atoms with Crippen molar-refractivity contribution in [2.45, 2.75) is 20.3 Å². The first kappa shape index (κ1) is 18.1. The summed E-state index contributed by atoms with van der Waals surface area (Å²) in [6.07, 6.45) is -0.103. The minimum atomic E-state index is -1.59. The van der Waals surface area contributed by atoms with Crippen LogP contribution in [0.2, 0.25) is 0 Å². The van der Waals surface area contributed by atoms with Gasteiger partial charge in [-0.05, 0) is 37.1 Å². The number of carboxylic acids is 1. The molecule has 25 heavy (non-hydrogen) atoms. The third-order valence-corrected chi connectivity index (χ3v) is 4.13. The number of Topliss-reactive ketones (excluding diaryl/α,β-unsaturated/α-hetero) is 2. The maximum atomic E-state index is 13.4.